The Bertz CT molecular complexity index is 293. The fraction of sp³-hybridized carbons (Fsp3) is 0.667. The molecule has 0 fully saturated rings. The summed E-state index contributed by atoms with van der Waals surface area (Å²) in [5, 5.41) is 16.2. The predicted octanol–water partition coefficient (Wildman–Crippen LogP) is -3.33. The number of nitrogens with one attached hydrogen (secondary N) is 3. The Balaban J connectivity index is 4.35. The Morgan fingerprint density at radius 2 is 1.88 bits per heavy atom. The number of hydrogen-bond donors (Lipinski definition) is 5. The number of aliphatic hydroxyl groups excluding tert-OH is 1. The van der Waals surface area contributed by atoms with Crippen LogP contribution in [0, 0.1) is 0 Å². The van der Waals surface area contributed by atoms with E-state index in [1.54, 1.807) is 0 Å². The van der Waals surface area contributed by atoms with Crippen molar-refractivity contribution in [3.63, 3.8) is 0 Å². The maximum absolute atomic E-state index is 11.5. The summed E-state index contributed by atoms with van der Waals surface area (Å²) in [7, 11) is 1.43. The van der Waals surface area contributed by atoms with Crippen LogP contribution in [0.1, 0.15) is 6.92 Å². The molecule has 3 amide bonds. The molecule has 0 rings (SSSR count). The number of nitrogens with two attached hydrogens (primary N) is 1. The van der Waals surface area contributed by atoms with E-state index in [-0.39, 0.29) is 19.0 Å². The minimum atomic E-state index is -1.13. The molecule has 0 aliphatic rings. The summed E-state index contributed by atoms with van der Waals surface area (Å²) in [6.45, 7) is 0.837. The molecule has 0 saturated heterocycles. The SMILES string of the molecule is CNC(=O)CNC(=O)[C@@H](NC(=O)CN)[C@@H](C)O. The van der Waals surface area contributed by atoms with Crippen LogP contribution in [-0.4, -0.2) is 55.1 Å². The van der Waals surface area contributed by atoms with Crippen molar-refractivity contribution in [2.24, 2.45) is 5.73 Å². The van der Waals surface area contributed by atoms with E-state index in [9.17, 15) is 19.5 Å². The van der Waals surface area contributed by atoms with Crippen LogP contribution in [0.25, 0.3) is 0 Å². The summed E-state index contributed by atoms with van der Waals surface area (Å²) in [5.41, 5.74) is 5.07. The molecule has 0 heterocycles. The van der Waals surface area contributed by atoms with Crippen LogP contribution >= 0.6 is 0 Å². The largest absolute Gasteiger partial charge is 0.391 e. The van der Waals surface area contributed by atoms with Gasteiger partial charge in [-0.3, -0.25) is 14.4 Å². The maximum atomic E-state index is 11.5. The summed E-state index contributed by atoms with van der Waals surface area (Å²) in [6, 6.07) is -1.13. The second-order valence-electron chi connectivity index (χ2n) is 3.38. The lowest BCUT2D eigenvalue weighted by molar-refractivity contribution is -0.132. The lowest BCUT2D eigenvalue weighted by atomic mass is 10.1. The number of carbonyl (C=O) groups excluding carboxylic acids is 3. The van der Waals surface area contributed by atoms with Crippen LogP contribution in [0.15, 0.2) is 0 Å². The Morgan fingerprint density at radius 1 is 1.29 bits per heavy atom. The molecule has 0 aliphatic carbocycles. The van der Waals surface area contributed by atoms with Crippen molar-refractivity contribution in [2.45, 2.75) is 19.1 Å². The molecular formula is C9H18N4O4. The first-order valence-electron chi connectivity index (χ1n) is 5.08. The minimum absolute atomic E-state index is 0.225. The summed E-state index contributed by atoms with van der Waals surface area (Å²) in [4.78, 5) is 33.5. The van der Waals surface area contributed by atoms with E-state index in [1.807, 2.05) is 0 Å². The van der Waals surface area contributed by atoms with Crippen molar-refractivity contribution in [1.82, 2.24) is 16.0 Å². The number of hydrogen-bond acceptors (Lipinski definition) is 5. The summed E-state index contributed by atoms with van der Waals surface area (Å²) in [6.07, 6.45) is -1.09. The highest BCUT2D eigenvalue weighted by Gasteiger charge is 2.25. The molecule has 0 bridgehead atoms. The molecule has 98 valence electrons. The highest BCUT2D eigenvalue weighted by Crippen LogP contribution is 1.93. The molecule has 0 saturated carbocycles. The Morgan fingerprint density at radius 3 is 2.29 bits per heavy atom. The summed E-state index contributed by atoms with van der Waals surface area (Å²) < 4.78 is 0. The van der Waals surface area contributed by atoms with Gasteiger partial charge >= 0.3 is 0 Å². The second kappa shape index (κ2) is 7.58. The van der Waals surface area contributed by atoms with Crippen LogP contribution < -0.4 is 21.7 Å². The third-order valence-electron chi connectivity index (χ3n) is 1.97. The highest BCUT2D eigenvalue weighted by atomic mass is 16.3. The average Bonchev–Trinajstić information content (AvgIpc) is 2.31. The molecule has 2 atom stereocenters. The van der Waals surface area contributed by atoms with Crippen molar-refractivity contribution in [3.05, 3.63) is 0 Å². The highest BCUT2D eigenvalue weighted by molar-refractivity contribution is 5.91. The number of aliphatic hydroxyl groups is 1. The van der Waals surface area contributed by atoms with E-state index < -0.39 is 24.0 Å². The zero-order valence-electron chi connectivity index (χ0n) is 9.82. The molecular weight excluding hydrogens is 228 g/mol. The second-order valence-corrected chi connectivity index (χ2v) is 3.38. The topological polar surface area (TPSA) is 134 Å². The van der Waals surface area contributed by atoms with Gasteiger partial charge in [-0.25, -0.2) is 0 Å². The van der Waals surface area contributed by atoms with E-state index in [0.717, 1.165) is 0 Å². The molecule has 8 heteroatoms. The van der Waals surface area contributed by atoms with Crippen molar-refractivity contribution in [1.29, 1.82) is 0 Å². The van der Waals surface area contributed by atoms with Crippen molar-refractivity contribution >= 4 is 17.7 Å². The van der Waals surface area contributed by atoms with Crippen LogP contribution in [0.3, 0.4) is 0 Å². The normalized spacial score (nSPS) is 13.4. The Kier molecular flexibility index (Phi) is 6.83. The van der Waals surface area contributed by atoms with Crippen molar-refractivity contribution < 1.29 is 19.5 Å². The average molecular weight is 246 g/mol. The maximum Gasteiger partial charge on any atom is 0.245 e. The summed E-state index contributed by atoms with van der Waals surface area (Å²) >= 11 is 0. The molecule has 8 nitrogen and oxygen atoms in total. The van der Waals surface area contributed by atoms with Gasteiger partial charge in [0.25, 0.3) is 0 Å². The van der Waals surface area contributed by atoms with E-state index in [2.05, 4.69) is 16.0 Å². The van der Waals surface area contributed by atoms with Gasteiger partial charge in [0, 0.05) is 7.05 Å². The summed E-state index contributed by atoms with van der Waals surface area (Å²) in [5.74, 6) is -1.59. The molecule has 0 unspecified atom stereocenters. The van der Waals surface area contributed by atoms with Crippen LogP contribution in [-0.2, 0) is 14.4 Å². The van der Waals surface area contributed by atoms with Crippen molar-refractivity contribution in [3.8, 4) is 0 Å². The monoisotopic (exact) mass is 246 g/mol. The van der Waals surface area contributed by atoms with Crippen LogP contribution in [0.5, 0.6) is 0 Å². The smallest absolute Gasteiger partial charge is 0.245 e. The fourth-order valence-electron chi connectivity index (χ4n) is 1.00. The Hall–Kier alpha value is -1.67. The standard InChI is InChI=1S/C9H18N4O4/c1-5(14)8(13-6(15)3-10)9(17)12-4-7(16)11-2/h5,8,14H,3-4,10H2,1-2H3,(H,11,16)(H,12,17)(H,13,15)/t5-,8+/m1/s1. The molecule has 0 aromatic heterocycles. The van der Waals surface area contributed by atoms with E-state index >= 15 is 0 Å². The first kappa shape index (κ1) is 15.3. The van der Waals surface area contributed by atoms with Crippen LogP contribution in [0.2, 0.25) is 0 Å². The predicted molar refractivity (Wildman–Crippen MR) is 59.7 cm³/mol. The van der Waals surface area contributed by atoms with Gasteiger partial charge in [-0.2, -0.15) is 0 Å². The number of amides is 3. The number of rotatable bonds is 6. The lowest BCUT2D eigenvalue weighted by Gasteiger charge is -2.20. The third-order valence-corrected chi connectivity index (χ3v) is 1.97. The van der Waals surface area contributed by atoms with Gasteiger partial charge in [0.2, 0.25) is 17.7 Å². The van der Waals surface area contributed by atoms with Crippen LogP contribution in [0.4, 0.5) is 0 Å². The quantitative estimate of drug-likeness (QED) is 0.334. The van der Waals surface area contributed by atoms with Gasteiger partial charge < -0.3 is 26.8 Å². The Labute approximate surface area is 98.9 Å². The first-order valence-corrected chi connectivity index (χ1v) is 5.08. The van der Waals surface area contributed by atoms with Gasteiger partial charge in [0.15, 0.2) is 0 Å². The number of likely N-dealkylation sites (N-methyl/N-ethyl adjacent to an activating group) is 1. The molecule has 0 aliphatic heterocycles. The van der Waals surface area contributed by atoms with E-state index in [0.29, 0.717) is 0 Å². The van der Waals surface area contributed by atoms with E-state index in [1.165, 1.54) is 14.0 Å². The molecule has 6 N–H and O–H groups in total. The number of carbonyl (C=O) groups is 3. The van der Waals surface area contributed by atoms with E-state index in [4.69, 9.17) is 5.73 Å². The van der Waals surface area contributed by atoms with Gasteiger partial charge in [-0.1, -0.05) is 0 Å². The first-order chi connectivity index (χ1) is 7.92. The van der Waals surface area contributed by atoms with Gasteiger partial charge in [-0.15, -0.1) is 0 Å². The van der Waals surface area contributed by atoms with Gasteiger partial charge in [0.05, 0.1) is 19.2 Å². The minimum Gasteiger partial charge on any atom is -0.391 e. The molecule has 0 aromatic rings. The van der Waals surface area contributed by atoms with Gasteiger partial charge in [-0.05, 0) is 6.92 Å². The molecule has 0 radical (unpaired) electrons. The lowest BCUT2D eigenvalue weighted by Crippen LogP contribution is -2.54. The van der Waals surface area contributed by atoms with Crippen molar-refractivity contribution in [2.75, 3.05) is 20.1 Å². The molecule has 0 spiro atoms. The zero-order chi connectivity index (χ0) is 13.4. The fourth-order valence-corrected chi connectivity index (χ4v) is 1.00. The third kappa shape index (κ3) is 5.83. The van der Waals surface area contributed by atoms with Gasteiger partial charge in [0.1, 0.15) is 6.04 Å². The molecule has 17 heavy (non-hydrogen) atoms. The zero-order valence-corrected chi connectivity index (χ0v) is 9.82. The molecule has 0 aromatic carbocycles.